The van der Waals surface area contributed by atoms with Crippen LogP contribution < -0.4 is 10.6 Å². The normalized spacial score (nSPS) is 10.9. The highest BCUT2D eigenvalue weighted by atomic mass is 79.9. The van der Waals surface area contributed by atoms with Crippen molar-refractivity contribution >= 4 is 38.9 Å². The van der Waals surface area contributed by atoms with E-state index in [1.54, 1.807) is 0 Å². The van der Waals surface area contributed by atoms with Gasteiger partial charge in [-0.3, -0.25) is 0 Å². The maximum absolute atomic E-state index is 6.05. The van der Waals surface area contributed by atoms with E-state index in [4.69, 9.17) is 17.3 Å². The molecule has 0 atom stereocenters. The van der Waals surface area contributed by atoms with Gasteiger partial charge in [-0.2, -0.15) is 0 Å². The number of hydrogen-bond donors (Lipinski definition) is 1. The van der Waals surface area contributed by atoms with Crippen LogP contribution in [0.1, 0.15) is 25.3 Å². The fourth-order valence-electron chi connectivity index (χ4n) is 1.62. The van der Waals surface area contributed by atoms with Crippen molar-refractivity contribution in [3.63, 3.8) is 0 Å². The molecule has 0 fully saturated rings. The molecule has 0 heterocycles. The molecule has 0 aliphatic carbocycles. The van der Waals surface area contributed by atoms with Crippen LogP contribution in [0.5, 0.6) is 0 Å². The summed E-state index contributed by atoms with van der Waals surface area (Å²) in [7, 11) is 2.00. The predicted molar refractivity (Wildman–Crippen MR) is 76.6 cm³/mol. The molecule has 2 nitrogen and oxygen atoms in total. The first kappa shape index (κ1) is 13.7. The Kier molecular flexibility index (Phi) is 4.93. The topological polar surface area (TPSA) is 29.3 Å². The van der Waals surface area contributed by atoms with Gasteiger partial charge in [0, 0.05) is 23.9 Å². The Morgan fingerprint density at radius 3 is 2.56 bits per heavy atom. The molecule has 1 rings (SSSR count). The van der Waals surface area contributed by atoms with Crippen LogP contribution in [0.15, 0.2) is 16.6 Å². The molecule has 90 valence electrons. The Balaban J connectivity index is 3.10. The molecule has 1 aromatic carbocycles. The Hall–Kier alpha value is -0.410. The molecule has 0 saturated carbocycles. The van der Waals surface area contributed by atoms with Gasteiger partial charge in [0.1, 0.15) is 0 Å². The number of alkyl halides is 1. The summed E-state index contributed by atoms with van der Waals surface area (Å²) in [5.74, 6) is 1.06. The maximum Gasteiger partial charge on any atom is 0.0609 e. The Morgan fingerprint density at radius 2 is 2.06 bits per heavy atom. The molecule has 0 aliphatic heterocycles. The summed E-state index contributed by atoms with van der Waals surface area (Å²) in [4.78, 5) is 2.07. The third-order valence-corrected chi connectivity index (χ3v) is 3.45. The van der Waals surface area contributed by atoms with Crippen molar-refractivity contribution in [3.05, 3.63) is 22.2 Å². The van der Waals surface area contributed by atoms with Crippen molar-refractivity contribution in [1.82, 2.24) is 0 Å². The molecule has 0 aliphatic rings. The molecule has 4 heteroatoms. The first-order chi connectivity index (χ1) is 7.47. The monoisotopic (exact) mass is 304 g/mol. The summed E-state index contributed by atoms with van der Waals surface area (Å²) < 4.78 is 1.10. The lowest BCUT2D eigenvalue weighted by Gasteiger charge is -2.22. The largest absolute Gasteiger partial charge is 0.397 e. The zero-order valence-corrected chi connectivity index (χ0v) is 12.3. The molecule has 0 bridgehead atoms. The van der Waals surface area contributed by atoms with Crippen LogP contribution in [0.3, 0.4) is 0 Å². The van der Waals surface area contributed by atoms with Gasteiger partial charge in [-0.05, 0) is 23.6 Å². The van der Waals surface area contributed by atoms with Crippen LogP contribution >= 0.6 is 27.5 Å². The van der Waals surface area contributed by atoms with Crippen molar-refractivity contribution in [2.45, 2.75) is 19.8 Å². The SMILES string of the molecule is CC(C)c1cc(N)c(N(C)CCCl)cc1Br. The van der Waals surface area contributed by atoms with E-state index in [9.17, 15) is 0 Å². The maximum atomic E-state index is 6.05. The third kappa shape index (κ3) is 3.05. The second-order valence-electron chi connectivity index (χ2n) is 4.20. The van der Waals surface area contributed by atoms with E-state index in [2.05, 4.69) is 40.7 Å². The molecule has 16 heavy (non-hydrogen) atoms. The van der Waals surface area contributed by atoms with Gasteiger partial charge in [-0.1, -0.05) is 29.8 Å². The van der Waals surface area contributed by atoms with Gasteiger partial charge in [0.05, 0.1) is 11.4 Å². The number of hydrogen-bond acceptors (Lipinski definition) is 2. The minimum atomic E-state index is 0.462. The van der Waals surface area contributed by atoms with Gasteiger partial charge in [-0.25, -0.2) is 0 Å². The lowest BCUT2D eigenvalue weighted by atomic mass is 10.0. The quantitative estimate of drug-likeness (QED) is 0.676. The van der Waals surface area contributed by atoms with Crippen LogP contribution in [-0.2, 0) is 0 Å². The lowest BCUT2D eigenvalue weighted by Crippen LogP contribution is -2.21. The minimum absolute atomic E-state index is 0.462. The van der Waals surface area contributed by atoms with Crippen LogP contribution in [0, 0.1) is 0 Å². The number of nitrogens with two attached hydrogens (primary N) is 1. The van der Waals surface area contributed by atoms with Crippen molar-refractivity contribution in [2.75, 3.05) is 30.1 Å². The smallest absolute Gasteiger partial charge is 0.0609 e. The summed E-state index contributed by atoms with van der Waals surface area (Å²) in [5.41, 5.74) is 9.12. The number of rotatable bonds is 4. The molecule has 0 aromatic heterocycles. The minimum Gasteiger partial charge on any atom is -0.397 e. The summed E-state index contributed by atoms with van der Waals surface area (Å²) in [6.45, 7) is 5.10. The number of anilines is 2. The standard InChI is InChI=1S/C12H18BrClN2/c1-8(2)9-6-11(15)12(7-10(9)13)16(3)5-4-14/h6-8H,4-5,15H2,1-3H3. The highest BCUT2D eigenvalue weighted by molar-refractivity contribution is 9.10. The fraction of sp³-hybridized carbons (Fsp3) is 0.500. The zero-order valence-electron chi connectivity index (χ0n) is 9.93. The zero-order chi connectivity index (χ0) is 12.3. The Bertz CT molecular complexity index is 366. The number of nitrogens with zero attached hydrogens (tertiary/aromatic N) is 1. The Labute approximate surface area is 111 Å². The molecular formula is C12H18BrClN2. The molecule has 2 N–H and O–H groups in total. The van der Waals surface area contributed by atoms with E-state index in [-0.39, 0.29) is 0 Å². The number of halogens is 2. The van der Waals surface area contributed by atoms with E-state index in [1.807, 2.05) is 13.1 Å². The first-order valence-corrected chi connectivity index (χ1v) is 6.66. The first-order valence-electron chi connectivity index (χ1n) is 5.33. The van der Waals surface area contributed by atoms with Crippen LogP contribution in [0.25, 0.3) is 0 Å². The predicted octanol–water partition coefficient (Wildman–Crippen LogP) is 3.83. The van der Waals surface area contributed by atoms with Crippen molar-refractivity contribution in [3.8, 4) is 0 Å². The van der Waals surface area contributed by atoms with Crippen LogP contribution in [-0.4, -0.2) is 19.5 Å². The summed E-state index contributed by atoms with van der Waals surface area (Å²) in [5, 5.41) is 0. The van der Waals surface area contributed by atoms with E-state index < -0.39 is 0 Å². The van der Waals surface area contributed by atoms with E-state index in [0.29, 0.717) is 11.8 Å². The van der Waals surface area contributed by atoms with E-state index in [0.717, 1.165) is 22.4 Å². The van der Waals surface area contributed by atoms with Crippen LogP contribution in [0.2, 0.25) is 0 Å². The van der Waals surface area contributed by atoms with Gasteiger partial charge in [0.2, 0.25) is 0 Å². The average Bonchev–Trinajstić information content (AvgIpc) is 2.20. The Morgan fingerprint density at radius 1 is 1.44 bits per heavy atom. The van der Waals surface area contributed by atoms with Gasteiger partial charge in [0.15, 0.2) is 0 Å². The van der Waals surface area contributed by atoms with Gasteiger partial charge in [0.25, 0.3) is 0 Å². The summed E-state index contributed by atoms with van der Waals surface area (Å²) in [6.07, 6.45) is 0. The molecular weight excluding hydrogens is 288 g/mol. The second-order valence-corrected chi connectivity index (χ2v) is 5.43. The highest BCUT2D eigenvalue weighted by Gasteiger charge is 2.11. The highest BCUT2D eigenvalue weighted by Crippen LogP contribution is 2.33. The molecule has 0 saturated heterocycles. The van der Waals surface area contributed by atoms with Gasteiger partial charge < -0.3 is 10.6 Å². The molecule has 0 amide bonds. The second kappa shape index (κ2) is 5.78. The summed E-state index contributed by atoms with van der Waals surface area (Å²) >= 11 is 9.31. The van der Waals surface area contributed by atoms with Crippen molar-refractivity contribution < 1.29 is 0 Å². The van der Waals surface area contributed by atoms with Gasteiger partial charge in [-0.15, -0.1) is 11.6 Å². The third-order valence-electron chi connectivity index (χ3n) is 2.60. The van der Waals surface area contributed by atoms with Gasteiger partial charge >= 0.3 is 0 Å². The van der Waals surface area contributed by atoms with Crippen LogP contribution in [0.4, 0.5) is 11.4 Å². The number of benzene rings is 1. The molecule has 0 spiro atoms. The molecule has 0 unspecified atom stereocenters. The summed E-state index contributed by atoms with van der Waals surface area (Å²) in [6, 6.07) is 4.10. The number of nitrogen functional groups attached to an aromatic ring is 1. The molecule has 0 radical (unpaired) electrons. The van der Waals surface area contributed by atoms with Crippen molar-refractivity contribution in [2.24, 2.45) is 0 Å². The average molecular weight is 306 g/mol. The van der Waals surface area contributed by atoms with E-state index in [1.165, 1.54) is 5.56 Å². The fourth-order valence-corrected chi connectivity index (χ4v) is 2.66. The molecule has 1 aromatic rings. The van der Waals surface area contributed by atoms with E-state index >= 15 is 0 Å². The lowest BCUT2D eigenvalue weighted by molar-refractivity contribution is 0.860. The van der Waals surface area contributed by atoms with Crippen molar-refractivity contribution in [1.29, 1.82) is 0 Å².